The van der Waals surface area contributed by atoms with E-state index in [-0.39, 0.29) is 0 Å². The minimum Gasteiger partial charge on any atom is -0.504 e. The summed E-state index contributed by atoms with van der Waals surface area (Å²) in [5.41, 5.74) is -0.499. The lowest BCUT2D eigenvalue weighted by atomic mass is 10.1. The summed E-state index contributed by atoms with van der Waals surface area (Å²) in [6, 6.07) is 0.469. The predicted molar refractivity (Wildman–Crippen MR) is 45.9 cm³/mol. The van der Waals surface area contributed by atoms with Crippen LogP contribution < -0.4 is 4.74 Å². The molecule has 0 aliphatic heterocycles. The maximum absolute atomic E-state index is 13.1. The van der Waals surface area contributed by atoms with Crippen molar-refractivity contribution in [1.29, 1.82) is 0 Å². The van der Waals surface area contributed by atoms with Gasteiger partial charge in [0, 0.05) is 11.6 Å². The number of carboxylic acids is 1. The van der Waals surface area contributed by atoms with Gasteiger partial charge in [0.2, 0.25) is 0 Å². The van der Waals surface area contributed by atoms with Crippen LogP contribution in [0.25, 0.3) is 0 Å². The van der Waals surface area contributed by atoms with E-state index < -0.39 is 41.1 Å². The Balaban J connectivity index is 3.32. The minimum atomic E-state index is -1.34. The number of aliphatic carboxylic acids is 1. The average molecular weight is 218 g/mol. The molecule has 0 bridgehead atoms. The van der Waals surface area contributed by atoms with Crippen molar-refractivity contribution in [3.8, 4) is 11.5 Å². The Hall–Kier alpha value is -1.85. The van der Waals surface area contributed by atoms with Crippen LogP contribution in [0.4, 0.5) is 8.78 Å². The molecule has 0 aliphatic carbocycles. The number of carbonyl (C=O) groups is 1. The van der Waals surface area contributed by atoms with Gasteiger partial charge in [-0.2, -0.15) is 0 Å². The molecule has 0 saturated heterocycles. The van der Waals surface area contributed by atoms with Crippen LogP contribution in [0.1, 0.15) is 5.56 Å². The second-order valence-corrected chi connectivity index (χ2v) is 2.77. The minimum absolute atomic E-state index is 0.469. The van der Waals surface area contributed by atoms with E-state index >= 15 is 0 Å². The van der Waals surface area contributed by atoms with Crippen LogP contribution >= 0.6 is 0 Å². The molecule has 0 aromatic heterocycles. The number of rotatable bonds is 3. The molecule has 6 heteroatoms. The summed E-state index contributed by atoms with van der Waals surface area (Å²) in [5, 5.41) is 17.8. The van der Waals surface area contributed by atoms with Gasteiger partial charge in [0.15, 0.2) is 17.3 Å². The molecule has 0 atom stereocenters. The molecule has 0 fully saturated rings. The van der Waals surface area contributed by atoms with Crippen molar-refractivity contribution < 1.29 is 28.5 Å². The van der Waals surface area contributed by atoms with Gasteiger partial charge in [-0.25, -0.2) is 8.78 Å². The maximum atomic E-state index is 13.1. The van der Waals surface area contributed by atoms with E-state index in [0.717, 1.165) is 7.11 Å². The summed E-state index contributed by atoms with van der Waals surface area (Å²) in [6.45, 7) is 0. The molecule has 82 valence electrons. The van der Waals surface area contributed by atoms with Crippen molar-refractivity contribution in [1.82, 2.24) is 0 Å². The largest absolute Gasteiger partial charge is 0.504 e. The van der Waals surface area contributed by atoms with Crippen molar-refractivity contribution in [2.45, 2.75) is 6.42 Å². The topological polar surface area (TPSA) is 66.8 Å². The summed E-state index contributed by atoms with van der Waals surface area (Å²) >= 11 is 0. The van der Waals surface area contributed by atoms with Gasteiger partial charge in [-0.3, -0.25) is 4.79 Å². The van der Waals surface area contributed by atoms with Crippen LogP contribution in [0.15, 0.2) is 6.07 Å². The van der Waals surface area contributed by atoms with Crippen molar-refractivity contribution in [2.75, 3.05) is 7.11 Å². The third-order valence-electron chi connectivity index (χ3n) is 1.79. The fraction of sp³-hybridized carbons (Fsp3) is 0.222. The van der Waals surface area contributed by atoms with Gasteiger partial charge in [-0.15, -0.1) is 0 Å². The number of hydrogen-bond acceptors (Lipinski definition) is 3. The molecular weight excluding hydrogens is 210 g/mol. The van der Waals surface area contributed by atoms with Crippen LogP contribution in [0.3, 0.4) is 0 Å². The van der Waals surface area contributed by atoms with Crippen molar-refractivity contribution >= 4 is 5.97 Å². The van der Waals surface area contributed by atoms with E-state index in [2.05, 4.69) is 4.74 Å². The Morgan fingerprint density at radius 3 is 2.53 bits per heavy atom. The summed E-state index contributed by atoms with van der Waals surface area (Å²) in [6.07, 6.45) is -0.742. The molecule has 1 aromatic carbocycles. The van der Waals surface area contributed by atoms with E-state index in [1.54, 1.807) is 0 Å². The Kier molecular flexibility index (Phi) is 3.08. The molecule has 15 heavy (non-hydrogen) atoms. The first-order valence-corrected chi connectivity index (χ1v) is 3.93. The van der Waals surface area contributed by atoms with Crippen LogP contribution in [0, 0.1) is 11.6 Å². The van der Waals surface area contributed by atoms with Gasteiger partial charge in [-0.1, -0.05) is 0 Å². The quantitative estimate of drug-likeness (QED) is 0.802. The lowest BCUT2D eigenvalue weighted by Crippen LogP contribution is -2.05. The summed E-state index contributed by atoms with van der Waals surface area (Å²) in [5.74, 6) is -4.92. The van der Waals surface area contributed by atoms with Gasteiger partial charge in [0.1, 0.15) is 5.82 Å². The van der Waals surface area contributed by atoms with Gasteiger partial charge in [0.25, 0.3) is 0 Å². The average Bonchev–Trinajstić information content (AvgIpc) is 2.12. The van der Waals surface area contributed by atoms with Crippen LogP contribution in [0.2, 0.25) is 0 Å². The van der Waals surface area contributed by atoms with E-state index in [0.29, 0.717) is 6.07 Å². The normalized spacial score (nSPS) is 10.1. The third kappa shape index (κ3) is 2.15. The van der Waals surface area contributed by atoms with Crippen LogP contribution in [0.5, 0.6) is 11.5 Å². The Labute approximate surface area is 83.7 Å². The van der Waals surface area contributed by atoms with E-state index in [9.17, 15) is 18.7 Å². The van der Waals surface area contributed by atoms with Gasteiger partial charge >= 0.3 is 5.97 Å². The molecule has 2 N–H and O–H groups in total. The van der Waals surface area contributed by atoms with Gasteiger partial charge in [0.05, 0.1) is 13.5 Å². The molecule has 4 nitrogen and oxygen atoms in total. The zero-order chi connectivity index (χ0) is 11.6. The number of ether oxygens (including phenoxy) is 1. The highest BCUT2D eigenvalue weighted by atomic mass is 19.1. The fourth-order valence-electron chi connectivity index (χ4n) is 1.14. The summed E-state index contributed by atoms with van der Waals surface area (Å²) in [4.78, 5) is 10.3. The standard InChI is InChI=1S/C9H8F2O4/c1-15-9-6(11)3-5(10)4(8(9)14)2-7(12)13/h3,14H,2H2,1H3,(H,12,13). The molecule has 0 aliphatic rings. The zero-order valence-electron chi connectivity index (χ0n) is 7.75. The first-order valence-electron chi connectivity index (χ1n) is 3.93. The number of benzene rings is 1. The first-order chi connectivity index (χ1) is 6.97. The molecule has 0 heterocycles. The molecule has 0 unspecified atom stereocenters. The SMILES string of the molecule is COc1c(F)cc(F)c(CC(=O)O)c1O. The van der Waals surface area contributed by atoms with Crippen molar-refractivity contribution in [3.05, 3.63) is 23.3 Å². The van der Waals surface area contributed by atoms with Crippen molar-refractivity contribution in [2.24, 2.45) is 0 Å². The number of phenolic OH excluding ortho intramolecular Hbond substituents is 1. The second kappa shape index (κ2) is 4.12. The lowest BCUT2D eigenvalue weighted by Gasteiger charge is -2.09. The number of hydrogen-bond donors (Lipinski definition) is 2. The number of phenols is 1. The molecule has 1 rings (SSSR count). The first kappa shape index (κ1) is 11.2. The van der Waals surface area contributed by atoms with Crippen LogP contribution in [-0.2, 0) is 11.2 Å². The summed E-state index contributed by atoms with van der Waals surface area (Å²) < 4.78 is 30.5. The lowest BCUT2D eigenvalue weighted by molar-refractivity contribution is -0.136. The van der Waals surface area contributed by atoms with Gasteiger partial charge in [-0.05, 0) is 0 Å². The molecule has 0 saturated carbocycles. The molecule has 0 radical (unpaired) electrons. The molecule has 0 amide bonds. The number of methoxy groups -OCH3 is 1. The number of carboxylic acid groups (broad SMARTS) is 1. The van der Waals surface area contributed by atoms with Crippen LogP contribution in [-0.4, -0.2) is 23.3 Å². The van der Waals surface area contributed by atoms with Gasteiger partial charge < -0.3 is 14.9 Å². The highest BCUT2D eigenvalue weighted by molar-refractivity contribution is 5.72. The van der Waals surface area contributed by atoms with Crippen molar-refractivity contribution in [3.63, 3.8) is 0 Å². The summed E-state index contributed by atoms with van der Waals surface area (Å²) in [7, 11) is 1.08. The number of aromatic hydroxyl groups is 1. The highest BCUT2D eigenvalue weighted by Crippen LogP contribution is 2.34. The third-order valence-corrected chi connectivity index (χ3v) is 1.79. The zero-order valence-corrected chi connectivity index (χ0v) is 7.75. The van der Waals surface area contributed by atoms with E-state index in [4.69, 9.17) is 5.11 Å². The Bertz CT molecular complexity index is 404. The second-order valence-electron chi connectivity index (χ2n) is 2.77. The maximum Gasteiger partial charge on any atom is 0.308 e. The Morgan fingerprint density at radius 2 is 2.07 bits per heavy atom. The fourth-order valence-corrected chi connectivity index (χ4v) is 1.14. The number of halogens is 2. The molecule has 0 spiro atoms. The monoisotopic (exact) mass is 218 g/mol. The highest BCUT2D eigenvalue weighted by Gasteiger charge is 2.20. The molecule has 1 aromatic rings. The predicted octanol–water partition coefficient (Wildman–Crippen LogP) is 1.31. The Morgan fingerprint density at radius 1 is 1.47 bits per heavy atom. The molecular formula is C9H8F2O4. The smallest absolute Gasteiger partial charge is 0.308 e. The van der Waals surface area contributed by atoms with E-state index in [1.807, 2.05) is 0 Å². The van der Waals surface area contributed by atoms with E-state index in [1.165, 1.54) is 0 Å².